The Labute approximate surface area is 219 Å². The third kappa shape index (κ3) is 4.55. The van der Waals surface area contributed by atoms with Crippen molar-refractivity contribution in [1.29, 1.82) is 0 Å². The first-order valence-corrected chi connectivity index (χ1v) is 13.5. The Morgan fingerprint density at radius 3 is 1.79 bits per heavy atom. The molecule has 0 saturated heterocycles. The molecule has 0 aliphatic heterocycles. The Hall–Kier alpha value is -4.06. The van der Waals surface area contributed by atoms with Crippen LogP contribution >= 0.6 is 0 Å². The number of fused-ring (bicyclic) bond motifs is 3. The molecule has 38 heavy (non-hydrogen) atoms. The quantitative estimate of drug-likeness (QED) is 0.178. The highest BCUT2D eigenvalue weighted by Crippen LogP contribution is 2.26. The van der Waals surface area contributed by atoms with Crippen LogP contribution in [0.5, 0.6) is 5.75 Å². The minimum Gasteiger partial charge on any atom is -0.494 e. The minimum absolute atomic E-state index is 0.170. The van der Waals surface area contributed by atoms with Crippen LogP contribution in [-0.2, 0) is 6.54 Å². The lowest BCUT2D eigenvalue weighted by atomic mass is 9.96. The highest BCUT2D eigenvalue weighted by atomic mass is 16.5. The largest absolute Gasteiger partial charge is 0.494 e. The van der Waals surface area contributed by atoms with Crippen molar-refractivity contribution in [2.24, 2.45) is 0 Å². The number of nitrogens with zero attached hydrogens (tertiary/aromatic N) is 1. The number of ether oxygens (including phenoxy) is 1. The van der Waals surface area contributed by atoms with Gasteiger partial charge in [-0.05, 0) is 60.4 Å². The summed E-state index contributed by atoms with van der Waals surface area (Å²) in [6.45, 7) is 5.17. The van der Waals surface area contributed by atoms with Crippen molar-refractivity contribution in [3.05, 3.63) is 95.8 Å². The van der Waals surface area contributed by atoms with E-state index in [0.29, 0.717) is 30.3 Å². The van der Waals surface area contributed by atoms with Gasteiger partial charge in [-0.25, -0.2) is 0 Å². The van der Waals surface area contributed by atoms with Crippen molar-refractivity contribution >= 4 is 32.3 Å². The average molecular weight is 510 g/mol. The second kappa shape index (κ2) is 10.7. The zero-order valence-corrected chi connectivity index (χ0v) is 21.8. The van der Waals surface area contributed by atoms with Gasteiger partial charge < -0.3 is 4.74 Å². The third-order valence-electron chi connectivity index (χ3n) is 7.30. The summed E-state index contributed by atoms with van der Waals surface area (Å²) < 4.78 is 7.04. The zero-order chi connectivity index (χ0) is 26.8. The van der Waals surface area contributed by atoms with Gasteiger partial charge in [0.05, 0.1) is 17.4 Å². The highest BCUT2D eigenvalue weighted by molar-refractivity contribution is 6.05. The monoisotopic (exact) mass is 509 g/mol. The lowest BCUT2D eigenvalue weighted by Crippen LogP contribution is -2.25. The smallest absolute Gasteiger partial charge is 0.261 e. The molecular formula is C32H31NO5. The molecule has 0 bridgehead atoms. The summed E-state index contributed by atoms with van der Waals surface area (Å²) in [7, 11) is 0. The van der Waals surface area contributed by atoms with Gasteiger partial charge in [-0.2, -0.15) is 0 Å². The molecule has 1 heterocycles. The van der Waals surface area contributed by atoms with E-state index in [2.05, 4.69) is 6.92 Å². The van der Waals surface area contributed by atoms with E-state index in [0.717, 1.165) is 36.1 Å². The molecule has 0 radical (unpaired) electrons. The lowest BCUT2D eigenvalue weighted by Gasteiger charge is -2.08. The Morgan fingerprint density at radius 1 is 0.579 bits per heavy atom. The van der Waals surface area contributed by atoms with Crippen LogP contribution in [0.2, 0.25) is 0 Å². The molecule has 6 nitrogen and oxygen atoms in total. The van der Waals surface area contributed by atoms with Crippen LogP contribution in [0.15, 0.2) is 73.8 Å². The third-order valence-corrected chi connectivity index (χ3v) is 7.30. The fourth-order valence-electron chi connectivity index (χ4n) is 5.09. The molecule has 4 aromatic carbocycles. The van der Waals surface area contributed by atoms with E-state index in [1.807, 2.05) is 37.3 Å². The maximum atomic E-state index is 13.5. The molecule has 1 aromatic heterocycles. The van der Waals surface area contributed by atoms with Gasteiger partial charge >= 0.3 is 0 Å². The number of rotatable bonds is 10. The average Bonchev–Trinajstić information content (AvgIpc) is 3.17. The predicted octanol–water partition coefficient (Wildman–Crippen LogP) is 5.69. The van der Waals surface area contributed by atoms with Gasteiger partial charge in [-0.1, -0.05) is 57.7 Å². The summed E-state index contributed by atoms with van der Waals surface area (Å²) in [5.74, 6) is 0.796. The number of hydrogen-bond acceptors (Lipinski definition) is 5. The Morgan fingerprint density at radius 2 is 1.16 bits per heavy atom. The normalized spacial score (nSPS) is 11.6. The summed E-state index contributed by atoms with van der Waals surface area (Å²) >= 11 is 0. The SMILES string of the molecule is CCCCCCOc1ccc(-c2ccc3c(=O)c4cc5c(=O)n(CCCC)c(=O)c5cc4c(=O)c3c2)cc1. The molecular weight excluding hydrogens is 478 g/mol. The molecule has 0 spiro atoms. The minimum atomic E-state index is -0.409. The molecule has 0 aliphatic carbocycles. The fraction of sp³-hybridized carbons (Fsp3) is 0.312. The van der Waals surface area contributed by atoms with E-state index in [1.54, 1.807) is 12.1 Å². The number of benzene rings is 4. The first-order chi connectivity index (χ1) is 18.4. The molecule has 0 aliphatic rings. The predicted molar refractivity (Wildman–Crippen MR) is 154 cm³/mol. The Bertz CT molecular complexity index is 1840. The Balaban J connectivity index is 1.55. The molecule has 0 atom stereocenters. The fourth-order valence-corrected chi connectivity index (χ4v) is 5.09. The van der Waals surface area contributed by atoms with Gasteiger partial charge in [0.2, 0.25) is 0 Å². The molecule has 194 valence electrons. The molecule has 0 saturated carbocycles. The van der Waals surface area contributed by atoms with Crippen molar-refractivity contribution in [3.8, 4) is 16.9 Å². The molecule has 5 rings (SSSR count). The van der Waals surface area contributed by atoms with Gasteiger partial charge in [-0.15, -0.1) is 0 Å². The molecule has 6 heteroatoms. The van der Waals surface area contributed by atoms with Crippen LogP contribution in [0.3, 0.4) is 0 Å². The van der Waals surface area contributed by atoms with Gasteiger partial charge in [-0.3, -0.25) is 23.7 Å². The molecule has 0 unspecified atom stereocenters. The van der Waals surface area contributed by atoms with Crippen molar-refractivity contribution < 1.29 is 4.74 Å². The van der Waals surface area contributed by atoms with E-state index in [1.165, 1.54) is 29.5 Å². The van der Waals surface area contributed by atoms with Crippen LogP contribution in [0.25, 0.3) is 43.4 Å². The molecule has 5 aromatic rings. The first kappa shape index (κ1) is 25.6. The maximum absolute atomic E-state index is 13.5. The van der Waals surface area contributed by atoms with Crippen molar-refractivity contribution in [3.63, 3.8) is 0 Å². The van der Waals surface area contributed by atoms with Crippen molar-refractivity contribution in [2.75, 3.05) is 6.61 Å². The van der Waals surface area contributed by atoms with Crippen LogP contribution in [0, 0.1) is 0 Å². The van der Waals surface area contributed by atoms with Crippen LogP contribution in [0.1, 0.15) is 52.4 Å². The number of unbranched alkanes of at least 4 members (excludes halogenated alkanes) is 4. The van der Waals surface area contributed by atoms with Gasteiger partial charge in [0.25, 0.3) is 11.1 Å². The molecule has 0 amide bonds. The maximum Gasteiger partial charge on any atom is 0.261 e. The molecule has 0 fully saturated rings. The van der Waals surface area contributed by atoms with Gasteiger partial charge in [0.1, 0.15) is 5.75 Å². The Kier molecular flexibility index (Phi) is 7.23. The van der Waals surface area contributed by atoms with E-state index < -0.39 is 11.1 Å². The lowest BCUT2D eigenvalue weighted by molar-refractivity contribution is 0.305. The summed E-state index contributed by atoms with van der Waals surface area (Å²) in [6, 6.07) is 15.8. The summed E-state index contributed by atoms with van der Waals surface area (Å²) in [5, 5.41) is 1.33. The highest BCUT2D eigenvalue weighted by Gasteiger charge is 2.18. The first-order valence-electron chi connectivity index (χ1n) is 13.5. The summed E-state index contributed by atoms with van der Waals surface area (Å²) in [4.78, 5) is 52.7. The second-order valence-electron chi connectivity index (χ2n) is 9.91. The van der Waals surface area contributed by atoms with Crippen molar-refractivity contribution in [2.45, 2.75) is 58.9 Å². The van der Waals surface area contributed by atoms with Crippen LogP contribution < -0.4 is 26.7 Å². The molecule has 0 N–H and O–H groups in total. The summed E-state index contributed by atoms with van der Waals surface area (Å²) in [6.07, 6.45) is 6.12. The van der Waals surface area contributed by atoms with E-state index in [-0.39, 0.29) is 32.4 Å². The van der Waals surface area contributed by atoms with Gasteiger partial charge in [0, 0.05) is 28.1 Å². The second-order valence-corrected chi connectivity index (χ2v) is 9.91. The van der Waals surface area contributed by atoms with Crippen LogP contribution in [0.4, 0.5) is 0 Å². The van der Waals surface area contributed by atoms with Gasteiger partial charge in [0.15, 0.2) is 10.9 Å². The summed E-state index contributed by atoms with van der Waals surface area (Å²) in [5.41, 5.74) is 0.255. The standard InChI is InChI=1S/C32H31NO5/c1-3-5-7-8-16-38-22-12-9-20(10-13-22)21-11-14-23-24(17-21)30(35)26-19-28-27(18-25(26)29(23)34)31(36)33(32(28)37)15-6-4-2/h9-14,17-19H,3-8,15-16H2,1-2H3. The van der Waals surface area contributed by atoms with Crippen LogP contribution in [-0.4, -0.2) is 11.2 Å². The van der Waals surface area contributed by atoms with E-state index in [4.69, 9.17) is 4.74 Å². The topological polar surface area (TPSA) is 82.4 Å². The van der Waals surface area contributed by atoms with E-state index in [9.17, 15) is 19.2 Å². The zero-order valence-electron chi connectivity index (χ0n) is 21.8. The number of hydrogen-bond donors (Lipinski definition) is 0. The number of aromatic nitrogens is 1. The van der Waals surface area contributed by atoms with Crippen molar-refractivity contribution in [1.82, 2.24) is 4.57 Å². The van der Waals surface area contributed by atoms with E-state index >= 15 is 0 Å².